The van der Waals surface area contributed by atoms with Crippen molar-refractivity contribution in [2.45, 2.75) is 52.0 Å². The van der Waals surface area contributed by atoms with Gasteiger partial charge in [-0.3, -0.25) is 4.79 Å². The molecule has 2 nitrogen and oxygen atoms in total. The molecule has 0 N–H and O–H groups in total. The van der Waals surface area contributed by atoms with Gasteiger partial charge in [-0.1, -0.05) is 6.92 Å². The maximum absolute atomic E-state index is 11.5. The highest BCUT2D eigenvalue weighted by Gasteiger charge is 2.68. The van der Waals surface area contributed by atoms with Crippen molar-refractivity contribution in [2.75, 3.05) is 13.6 Å². The number of carbonyl (C=O) groups excluding carboxylic acids is 1. The summed E-state index contributed by atoms with van der Waals surface area (Å²) in [7, 11) is 2.22. The average molecular weight is 221 g/mol. The molecule has 0 radical (unpaired) electrons. The van der Waals surface area contributed by atoms with Gasteiger partial charge in [0.1, 0.15) is 5.78 Å². The molecule has 2 unspecified atom stereocenters. The predicted molar refractivity (Wildman–Crippen MR) is 64.2 cm³/mol. The van der Waals surface area contributed by atoms with E-state index in [0.717, 1.165) is 5.41 Å². The maximum atomic E-state index is 11.5. The smallest absolute Gasteiger partial charge is 0.134 e. The van der Waals surface area contributed by atoms with Crippen molar-refractivity contribution in [3.63, 3.8) is 0 Å². The van der Waals surface area contributed by atoms with Crippen molar-refractivity contribution in [3.05, 3.63) is 0 Å². The largest absolute Gasteiger partial charge is 0.302 e. The normalized spacial score (nSPS) is 42.3. The van der Waals surface area contributed by atoms with Crippen LogP contribution in [0.3, 0.4) is 0 Å². The monoisotopic (exact) mass is 221 g/mol. The molecule has 0 bridgehead atoms. The highest BCUT2D eigenvalue weighted by atomic mass is 16.1. The number of nitrogens with zero attached hydrogens (tertiary/aromatic N) is 1. The second kappa shape index (κ2) is 3.10. The zero-order valence-corrected chi connectivity index (χ0v) is 10.8. The quantitative estimate of drug-likeness (QED) is 0.714. The molecule has 2 spiro atoms. The van der Waals surface area contributed by atoms with Gasteiger partial charge in [0, 0.05) is 18.5 Å². The molecule has 90 valence electrons. The number of hydrogen-bond acceptors (Lipinski definition) is 2. The van der Waals surface area contributed by atoms with Crippen molar-refractivity contribution in [1.29, 1.82) is 0 Å². The van der Waals surface area contributed by atoms with Gasteiger partial charge in [0.25, 0.3) is 0 Å². The molecular weight excluding hydrogens is 198 g/mol. The van der Waals surface area contributed by atoms with E-state index in [9.17, 15) is 4.79 Å². The zero-order chi connectivity index (χ0) is 11.6. The first kappa shape index (κ1) is 10.8. The Morgan fingerprint density at radius 2 is 1.81 bits per heavy atom. The van der Waals surface area contributed by atoms with E-state index in [-0.39, 0.29) is 5.92 Å². The topological polar surface area (TPSA) is 20.3 Å². The second-order valence-corrected chi connectivity index (χ2v) is 6.65. The van der Waals surface area contributed by atoms with Gasteiger partial charge in [-0.2, -0.15) is 0 Å². The first-order valence-corrected chi connectivity index (χ1v) is 6.70. The van der Waals surface area contributed by atoms with Gasteiger partial charge >= 0.3 is 0 Å². The highest BCUT2D eigenvalue weighted by molar-refractivity contribution is 5.78. The Bertz CT molecular complexity index is 334. The Balaban J connectivity index is 1.77. The third kappa shape index (κ3) is 1.20. The lowest BCUT2D eigenvalue weighted by Gasteiger charge is -2.48. The fourth-order valence-electron chi connectivity index (χ4n) is 4.37. The Hall–Kier alpha value is -0.370. The predicted octanol–water partition coefficient (Wildman–Crippen LogP) is 2.48. The average Bonchev–Trinajstić information content (AvgIpc) is 2.97. The van der Waals surface area contributed by atoms with Crippen LogP contribution in [-0.4, -0.2) is 30.3 Å². The first-order valence-electron chi connectivity index (χ1n) is 6.70. The van der Waals surface area contributed by atoms with Crippen LogP contribution < -0.4 is 0 Å². The van der Waals surface area contributed by atoms with Gasteiger partial charge < -0.3 is 4.90 Å². The Labute approximate surface area is 98.4 Å². The molecule has 2 saturated carbocycles. The maximum Gasteiger partial charge on any atom is 0.134 e. The lowest BCUT2D eigenvalue weighted by Crippen LogP contribution is -2.43. The minimum absolute atomic E-state index is 0.223. The number of rotatable bonds is 2. The number of ketones is 1. The fraction of sp³-hybridized carbons (Fsp3) is 0.929. The zero-order valence-electron chi connectivity index (χ0n) is 10.8. The van der Waals surface area contributed by atoms with Gasteiger partial charge in [-0.25, -0.2) is 0 Å². The molecular formula is C14H23NO. The summed E-state index contributed by atoms with van der Waals surface area (Å²) in [6.07, 6.45) is 7.08. The van der Waals surface area contributed by atoms with Crippen LogP contribution in [0, 0.1) is 16.7 Å². The molecule has 16 heavy (non-hydrogen) atoms. The second-order valence-electron chi connectivity index (χ2n) is 6.65. The van der Waals surface area contributed by atoms with Crippen LogP contribution in [0.5, 0.6) is 0 Å². The number of hydrogen-bond donors (Lipinski definition) is 0. The van der Waals surface area contributed by atoms with Crippen LogP contribution in [0.25, 0.3) is 0 Å². The van der Waals surface area contributed by atoms with Gasteiger partial charge in [-0.15, -0.1) is 0 Å². The number of Topliss-reactive ketones (excluding diaryl/α,β-unsaturated/α-hetero) is 1. The van der Waals surface area contributed by atoms with Gasteiger partial charge in [-0.05, 0) is 56.9 Å². The summed E-state index contributed by atoms with van der Waals surface area (Å²) in [6.45, 7) is 5.10. The van der Waals surface area contributed by atoms with Gasteiger partial charge in [0.2, 0.25) is 0 Å². The van der Waals surface area contributed by atoms with E-state index in [0.29, 0.717) is 17.2 Å². The number of carbonyl (C=O) groups is 1. The van der Waals surface area contributed by atoms with Crippen molar-refractivity contribution in [1.82, 2.24) is 4.90 Å². The molecule has 1 heterocycles. The summed E-state index contributed by atoms with van der Waals surface area (Å²) in [5.74, 6) is 0.582. The molecule has 2 aliphatic carbocycles. The van der Waals surface area contributed by atoms with E-state index >= 15 is 0 Å². The molecule has 0 amide bonds. The summed E-state index contributed by atoms with van der Waals surface area (Å²) in [6, 6.07) is 0.510. The van der Waals surface area contributed by atoms with Crippen molar-refractivity contribution >= 4 is 5.78 Å². The highest BCUT2D eigenvalue weighted by Crippen LogP contribution is 2.74. The minimum atomic E-state index is 0.223. The van der Waals surface area contributed by atoms with Gasteiger partial charge in [0.15, 0.2) is 0 Å². The van der Waals surface area contributed by atoms with E-state index < -0.39 is 0 Å². The van der Waals surface area contributed by atoms with Crippen LogP contribution in [0.15, 0.2) is 0 Å². The number of likely N-dealkylation sites (tertiary alicyclic amines) is 1. The van der Waals surface area contributed by atoms with Crippen LogP contribution in [-0.2, 0) is 4.79 Å². The third-order valence-corrected chi connectivity index (χ3v) is 6.00. The molecule has 1 aliphatic heterocycles. The summed E-state index contributed by atoms with van der Waals surface area (Å²) in [5.41, 5.74) is 1.34. The van der Waals surface area contributed by atoms with Gasteiger partial charge in [0.05, 0.1) is 0 Å². The number of fused-ring (bicyclic) bond motifs is 1. The van der Waals surface area contributed by atoms with E-state index in [1.54, 1.807) is 6.92 Å². The van der Waals surface area contributed by atoms with E-state index in [1.165, 1.54) is 38.6 Å². The summed E-state index contributed by atoms with van der Waals surface area (Å²) < 4.78 is 0. The van der Waals surface area contributed by atoms with Crippen LogP contribution in [0.4, 0.5) is 0 Å². The molecule has 3 fully saturated rings. The summed E-state index contributed by atoms with van der Waals surface area (Å²) in [4.78, 5) is 14.0. The summed E-state index contributed by atoms with van der Waals surface area (Å²) >= 11 is 0. The van der Waals surface area contributed by atoms with Crippen LogP contribution in [0.1, 0.15) is 46.0 Å². The molecule has 1 saturated heterocycles. The molecule has 3 rings (SSSR count). The standard InChI is InChI=1S/C14H23NO/c1-10(11(2)16)12-8-14(9-15(12)3)7-6-13(14)4-5-13/h10,12H,4-9H2,1-3H3/t10-,12?,14?/m0/s1. The SMILES string of the molecule is CC(=O)[C@H](C)C1CC2(CCC23CC3)CN1C. The Morgan fingerprint density at radius 3 is 2.25 bits per heavy atom. The Morgan fingerprint density at radius 1 is 1.25 bits per heavy atom. The molecule has 3 atom stereocenters. The Kier molecular flexibility index (Phi) is 2.08. The van der Waals surface area contributed by atoms with Crippen molar-refractivity contribution < 1.29 is 4.79 Å². The van der Waals surface area contributed by atoms with E-state index in [1.807, 2.05) is 0 Å². The summed E-state index contributed by atoms with van der Waals surface area (Å²) in [5, 5.41) is 0. The molecule has 2 heteroatoms. The van der Waals surface area contributed by atoms with Crippen molar-refractivity contribution in [2.24, 2.45) is 16.7 Å². The fourth-order valence-corrected chi connectivity index (χ4v) is 4.37. The van der Waals surface area contributed by atoms with E-state index in [4.69, 9.17) is 0 Å². The van der Waals surface area contributed by atoms with Crippen LogP contribution in [0.2, 0.25) is 0 Å². The third-order valence-electron chi connectivity index (χ3n) is 6.00. The molecule has 0 aromatic rings. The van der Waals surface area contributed by atoms with E-state index in [2.05, 4.69) is 18.9 Å². The lowest BCUT2D eigenvalue weighted by atomic mass is 9.56. The van der Waals surface area contributed by atoms with Crippen molar-refractivity contribution in [3.8, 4) is 0 Å². The molecule has 3 aliphatic rings. The lowest BCUT2D eigenvalue weighted by molar-refractivity contribution is -0.121. The molecule has 0 aromatic carbocycles. The van der Waals surface area contributed by atoms with Crippen LogP contribution >= 0.6 is 0 Å². The first-order chi connectivity index (χ1) is 7.50. The minimum Gasteiger partial charge on any atom is -0.302 e. The molecule has 0 aromatic heterocycles.